The second-order valence-corrected chi connectivity index (χ2v) is 7.80. The number of aliphatic hydroxyl groups excluding tert-OH is 1. The lowest BCUT2D eigenvalue weighted by Crippen LogP contribution is -2.70. The largest absolute Gasteiger partial charge is 0.493 e. The minimum atomic E-state index is -1.41. The molecule has 0 saturated carbocycles. The van der Waals surface area contributed by atoms with E-state index in [1.54, 1.807) is 25.1 Å². The molecule has 1 aromatic carbocycles. The molecule has 0 radical (unpaired) electrons. The van der Waals surface area contributed by atoms with E-state index in [2.05, 4.69) is 5.32 Å². The lowest BCUT2D eigenvalue weighted by Gasteiger charge is -2.49. The van der Waals surface area contributed by atoms with Crippen LogP contribution < -0.4 is 10.1 Å². The molecule has 4 rings (SSSR count). The second kappa shape index (κ2) is 6.58. The smallest absolute Gasteiger partial charge is 0.352 e. The van der Waals surface area contributed by atoms with Gasteiger partial charge in [-0.1, -0.05) is 6.07 Å². The van der Waals surface area contributed by atoms with Crippen LogP contribution in [0.1, 0.15) is 24.2 Å². The molecule has 1 fully saturated rings. The maximum Gasteiger partial charge on any atom is 0.352 e. The van der Waals surface area contributed by atoms with Gasteiger partial charge in [-0.3, -0.25) is 14.5 Å². The summed E-state index contributed by atoms with van der Waals surface area (Å²) < 4.78 is 5.41. The molecule has 3 aliphatic heterocycles. The number of β-lactam (4-membered cyclic amide) rings is 1. The molecule has 3 heterocycles. The summed E-state index contributed by atoms with van der Waals surface area (Å²) in [5.41, 5.74) is 1.95. The van der Waals surface area contributed by atoms with Gasteiger partial charge in [-0.05, 0) is 35.8 Å². The molecule has 0 spiro atoms. The molecule has 3 N–H and O–H groups in total. The van der Waals surface area contributed by atoms with Crippen molar-refractivity contribution in [3.05, 3.63) is 40.6 Å². The van der Waals surface area contributed by atoms with Crippen LogP contribution in [0.4, 0.5) is 0 Å². The summed E-state index contributed by atoms with van der Waals surface area (Å²) in [5.74, 6) is -1.10. The highest BCUT2D eigenvalue weighted by atomic mass is 32.2. The number of hydrogen-bond donors (Lipinski definition) is 3. The number of hydrogen-bond acceptors (Lipinski definition) is 6. The van der Waals surface area contributed by atoms with Gasteiger partial charge in [-0.2, -0.15) is 0 Å². The maximum atomic E-state index is 12.4. The predicted octanol–water partition coefficient (Wildman–Crippen LogP) is 0.413. The number of fused-ring (bicyclic) bond motifs is 2. The molecule has 3 aliphatic rings. The Hall–Kier alpha value is -2.52. The number of nitrogens with zero attached hydrogens (tertiary/aromatic N) is 1. The fourth-order valence-corrected chi connectivity index (χ4v) is 4.83. The molecule has 3 unspecified atom stereocenters. The van der Waals surface area contributed by atoms with Crippen molar-refractivity contribution in [1.82, 2.24) is 10.2 Å². The molecule has 0 aliphatic carbocycles. The Kier molecular flexibility index (Phi) is 4.35. The molecule has 3 atom stereocenters. The standard InChI is InChI=1S/C18H18N2O6S/c1-8-7-27-17-12(16(23)20(17)13(8)18(24)25)19-15(22)14(21)10-2-3-11-9(6-10)4-5-26-11/h2-3,6,12,14,17,21H,4-5,7H2,1H3,(H,19,22)(H,24,25). The number of rotatable bonds is 4. The number of amides is 2. The molecule has 2 amide bonds. The number of carbonyl (C=O) groups excluding carboxylic acids is 2. The van der Waals surface area contributed by atoms with Gasteiger partial charge in [0.1, 0.15) is 22.9 Å². The molecule has 1 saturated heterocycles. The summed E-state index contributed by atoms with van der Waals surface area (Å²) in [7, 11) is 0. The van der Waals surface area contributed by atoms with E-state index in [9.17, 15) is 24.6 Å². The number of carbonyl (C=O) groups is 3. The van der Waals surface area contributed by atoms with Gasteiger partial charge in [-0.25, -0.2) is 4.79 Å². The van der Waals surface area contributed by atoms with Crippen LogP contribution in [0.5, 0.6) is 5.75 Å². The first-order valence-corrected chi connectivity index (χ1v) is 9.55. The highest BCUT2D eigenvalue weighted by molar-refractivity contribution is 8.00. The first-order chi connectivity index (χ1) is 12.9. The minimum Gasteiger partial charge on any atom is -0.493 e. The van der Waals surface area contributed by atoms with Crippen molar-refractivity contribution in [1.29, 1.82) is 0 Å². The predicted molar refractivity (Wildman–Crippen MR) is 96.0 cm³/mol. The topological polar surface area (TPSA) is 116 Å². The molecular weight excluding hydrogens is 372 g/mol. The monoisotopic (exact) mass is 390 g/mol. The Morgan fingerprint density at radius 3 is 2.93 bits per heavy atom. The van der Waals surface area contributed by atoms with Gasteiger partial charge in [-0.15, -0.1) is 11.8 Å². The van der Waals surface area contributed by atoms with Gasteiger partial charge in [0.05, 0.1) is 6.61 Å². The summed E-state index contributed by atoms with van der Waals surface area (Å²) in [4.78, 5) is 37.5. The van der Waals surface area contributed by atoms with E-state index in [1.165, 1.54) is 16.7 Å². The van der Waals surface area contributed by atoms with Crippen LogP contribution in [0.2, 0.25) is 0 Å². The lowest BCUT2D eigenvalue weighted by molar-refractivity contribution is -0.151. The average molecular weight is 390 g/mol. The average Bonchev–Trinajstić information content (AvgIpc) is 3.12. The molecule has 9 heteroatoms. The van der Waals surface area contributed by atoms with Gasteiger partial charge >= 0.3 is 5.97 Å². The summed E-state index contributed by atoms with van der Waals surface area (Å²) in [5, 5.41) is 21.8. The van der Waals surface area contributed by atoms with Crippen LogP contribution in [-0.4, -0.2) is 56.7 Å². The highest BCUT2D eigenvalue weighted by Gasteiger charge is 2.54. The Morgan fingerprint density at radius 1 is 1.41 bits per heavy atom. The fourth-order valence-electron chi connectivity index (χ4n) is 3.54. The van der Waals surface area contributed by atoms with Crippen LogP contribution >= 0.6 is 11.8 Å². The first kappa shape index (κ1) is 17.9. The third-order valence-electron chi connectivity index (χ3n) is 4.94. The number of carboxylic acid groups (broad SMARTS) is 1. The van der Waals surface area contributed by atoms with Gasteiger partial charge in [0, 0.05) is 12.2 Å². The Labute approximate surface area is 159 Å². The van der Waals surface area contributed by atoms with Gasteiger partial charge in [0.25, 0.3) is 11.8 Å². The molecule has 142 valence electrons. The number of ether oxygens (including phenoxy) is 1. The van der Waals surface area contributed by atoms with Crippen molar-refractivity contribution in [2.45, 2.75) is 30.9 Å². The number of aliphatic hydroxyl groups is 1. The van der Waals surface area contributed by atoms with E-state index >= 15 is 0 Å². The van der Waals surface area contributed by atoms with Crippen LogP contribution in [0, 0.1) is 0 Å². The van der Waals surface area contributed by atoms with E-state index in [4.69, 9.17) is 4.74 Å². The van der Waals surface area contributed by atoms with Gasteiger partial charge in [0.15, 0.2) is 6.10 Å². The van der Waals surface area contributed by atoms with E-state index in [0.717, 1.165) is 17.7 Å². The Bertz CT molecular complexity index is 883. The van der Waals surface area contributed by atoms with Crippen LogP contribution in [0.3, 0.4) is 0 Å². The van der Waals surface area contributed by atoms with Crippen LogP contribution in [-0.2, 0) is 20.8 Å². The van der Waals surface area contributed by atoms with E-state index in [-0.39, 0.29) is 5.70 Å². The third kappa shape index (κ3) is 2.87. The molecule has 27 heavy (non-hydrogen) atoms. The summed E-state index contributed by atoms with van der Waals surface area (Å²) in [6.07, 6.45) is -0.696. The normalized spacial score (nSPS) is 24.5. The molecule has 1 aromatic rings. The zero-order chi connectivity index (χ0) is 19.3. The molecule has 0 aromatic heterocycles. The lowest BCUT2D eigenvalue weighted by atomic mass is 10.0. The number of nitrogens with one attached hydrogen (secondary N) is 1. The molecule has 0 bridgehead atoms. The summed E-state index contributed by atoms with van der Waals surface area (Å²) in [6, 6.07) is 4.21. The summed E-state index contributed by atoms with van der Waals surface area (Å²) in [6.45, 7) is 2.25. The van der Waals surface area contributed by atoms with E-state index < -0.39 is 35.3 Å². The first-order valence-electron chi connectivity index (χ1n) is 8.50. The van der Waals surface area contributed by atoms with Crippen molar-refractivity contribution >= 4 is 29.5 Å². The minimum absolute atomic E-state index is 0.0200. The van der Waals surface area contributed by atoms with Crippen molar-refractivity contribution in [2.24, 2.45) is 0 Å². The van der Waals surface area contributed by atoms with Crippen molar-refractivity contribution < 1.29 is 29.3 Å². The maximum absolute atomic E-state index is 12.4. The number of benzene rings is 1. The highest BCUT2D eigenvalue weighted by Crippen LogP contribution is 2.40. The number of aliphatic carboxylic acids is 1. The van der Waals surface area contributed by atoms with Crippen LogP contribution in [0.25, 0.3) is 0 Å². The fraction of sp³-hybridized carbons (Fsp3) is 0.389. The Morgan fingerprint density at radius 2 is 2.19 bits per heavy atom. The SMILES string of the molecule is CC1=C(C(=O)O)N2C(=O)C(NC(=O)C(O)c3ccc4c(c3)CCO4)C2SC1. The van der Waals surface area contributed by atoms with Gasteiger partial charge < -0.3 is 20.3 Å². The Balaban J connectivity index is 1.46. The van der Waals surface area contributed by atoms with Crippen molar-refractivity contribution in [3.63, 3.8) is 0 Å². The number of carboxylic acids is 1. The zero-order valence-electron chi connectivity index (χ0n) is 14.5. The summed E-state index contributed by atoms with van der Waals surface area (Å²) >= 11 is 1.39. The van der Waals surface area contributed by atoms with Crippen molar-refractivity contribution in [3.8, 4) is 5.75 Å². The third-order valence-corrected chi connectivity index (χ3v) is 6.36. The molecule has 8 nitrogen and oxygen atoms in total. The van der Waals surface area contributed by atoms with E-state index in [0.29, 0.717) is 23.5 Å². The zero-order valence-corrected chi connectivity index (χ0v) is 15.3. The quantitative estimate of drug-likeness (QED) is 0.638. The number of thioether (sulfide) groups is 1. The second-order valence-electron chi connectivity index (χ2n) is 6.70. The van der Waals surface area contributed by atoms with Crippen molar-refractivity contribution in [2.75, 3.05) is 12.4 Å². The van der Waals surface area contributed by atoms with E-state index in [1.807, 2.05) is 0 Å². The van der Waals surface area contributed by atoms with Crippen LogP contribution in [0.15, 0.2) is 29.5 Å². The van der Waals surface area contributed by atoms with Gasteiger partial charge in [0.2, 0.25) is 0 Å². The molecular formula is C18H18N2O6S.